The van der Waals surface area contributed by atoms with Crippen molar-refractivity contribution in [1.82, 2.24) is 0 Å². The van der Waals surface area contributed by atoms with E-state index >= 15 is 0 Å². The summed E-state index contributed by atoms with van der Waals surface area (Å²) in [5, 5.41) is 0. The third kappa shape index (κ3) is 7.70. The highest BCUT2D eigenvalue weighted by atomic mass is 32.2. The Morgan fingerprint density at radius 3 is 1.92 bits per heavy atom. The SMILES string of the molecule is Cc1cccc(O/C(CC(Sc2ccc(F)cc2)Sc2ccc(F)cc2)=N\c2ccc(C)c(C)c2)c1. The Balaban J connectivity index is 1.66. The first-order valence-electron chi connectivity index (χ1n) is 11.6. The van der Waals surface area contributed by atoms with Crippen LogP contribution in [0.3, 0.4) is 0 Å². The summed E-state index contributed by atoms with van der Waals surface area (Å²) in [4.78, 5) is 6.74. The summed E-state index contributed by atoms with van der Waals surface area (Å²) in [6.45, 7) is 6.15. The van der Waals surface area contributed by atoms with Crippen LogP contribution in [-0.4, -0.2) is 10.5 Å². The molecule has 0 atom stereocenters. The summed E-state index contributed by atoms with van der Waals surface area (Å²) in [6, 6.07) is 26.8. The van der Waals surface area contributed by atoms with Gasteiger partial charge in [-0.2, -0.15) is 0 Å². The number of rotatable bonds is 8. The van der Waals surface area contributed by atoms with Gasteiger partial charge in [-0.05, 0) is 110 Å². The van der Waals surface area contributed by atoms with Gasteiger partial charge in [0.25, 0.3) is 0 Å². The van der Waals surface area contributed by atoms with E-state index in [0.717, 1.165) is 32.4 Å². The van der Waals surface area contributed by atoms with Crippen molar-refractivity contribution < 1.29 is 13.5 Å². The molecule has 36 heavy (non-hydrogen) atoms. The molecule has 0 fully saturated rings. The first-order valence-corrected chi connectivity index (χ1v) is 13.3. The Bertz CT molecular complexity index is 1290. The number of benzene rings is 4. The summed E-state index contributed by atoms with van der Waals surface area (Å²) in [7, 11) is 0. The summed E-state index contributed by atoms with van der Waals surface area (Å²) in [5.74, 6) is 0.733. The summed E-state index contributed by atoms with van der Waals surface area (Å²) in [6.07, 6.45) is 0.491. The minimum Gasteiger partial charge on any atom is -0.443 e. The molecule has 0 bridgehead atoms. The first-order chi connectivity index (χ1) is 17.3. The minimum atomic E-state index is -0.276. The van der Waals surface area contributed by atoms with Gasteiger partial charge in [-0.1, -0.05) is 18.2 Å². The quantitative estimate of drug-likeness (QED) is 0.100. The molecular formula is C30H27F2NOS2. The predicted molar refractivity (Wildman–Crippen MR) is 148 cm³/mol. The van der Waals surface area contributed by atoms with E-state index in [2.05, 4.69) is 19.9 Å². The van der Waals surface area contributed by atoms with Crippen molar-refractivity contribution in [3.8, 4) is 5.75 Å². The number of aryl methyl sites for hydroxylation is 3. The van der Waals surface area contributed by atoms with Gasteiger partial charge in [-0.25, -0.2) is 13.8 Å². The molecule has 184 valence electrons. The van der Waals surface area contributed by atoms with Crippen LogP contribution in [0.1, 0.15) is 23.1 Å². The highest BCUT2D eigenvalue weighted by molar-refractivity contribution is 8.17. The monoisotopic (exact) mass is 519 g/mol. The van der Waals surface area contributed by atoms with E-state index in [1.165, 1.54) is 29.8 Å². The number of thioether (sulfide) groups is 2. The second-order valence-corrected chi connectivity index (χ2v) is 11.3. The molecule has 0 saturated heterocycles. The van der Waals surface area contributed by atoms with Gasteiger partial charge in [-0.15, -0.1) is 23.5 Å². The van der Waals surface area contributed by atoms with Crippen LogP contribution >= 0.6 is 23.5 Å². The Hall–Kier alpha value is -3.09. The lowest BCUT2D eigenvalue weighted by Gasteiger charge is -2.18. The van der Waals surface area contributed by atoms with Crippen LogP contribution < -0.4 is 4.74 Å². The molecular weight excluding hydrogens is 492 g/mol. The van der Waals surface area contributed by atoms with Gasteiger partial charge in [0.15, 0.2) is 5.90 Å². The largest absolute Gasteiger partial charge is 0.443 e. The zero-order valence-electron chi connectivity index (χ0n) is 20.4. The van der Waals surface area contributed by atoms with Crippen LogP contribution in [0.4, 0.5) is 14.5 Å². The predicted octanol–water partition coefficient (Wildman–Crippen LogP) is 9.30. The Morgan fingerprint density at radius 2 is 1.36 bits per heavy atom. The fourth-order valence-electron chi connectivity index (χ4n) is 3.44. The number of halogens is 2. The Labute approximate surface area is 219 Å². The molecule has 4 aromatic rings. The van der Waals surface area contributed by atoms with E-state index in [0.29, 0.717) is 12.3 Å². The van der Waals surface area contributed by atoms with Crippen molar-refractivity contribution >= 4 is 35.1 Å². The molecule has 0 radical (unpaired) electrons. The van der Waals surface area contributed by atoms with Crippen LogP contribution in [0, 0.1) is 32.4 Å². The molecule has 0 aliphatic heterocycles. The average Bonchev–Trinajstić information content (AvgIpc) is 2.84. The molecule has 2 nitrogen and oxygen atoms in total. The zero-order valence-corrected chi connectivity index (χ0v) is 22.0. The van der Waals surface area contributed by atoms with Gasteiger partial charge in [-0.3, -0.25) is 0 Å². The molecule has 0 unspecified atom stereocenters. The summed E-state index contributed by atoms with van der Waals surface area (Å²) in [5.41, 5.74) is 4.27. The van der Waals surface area contributed by atoms with E-state index < -0.39 is 0 Å². The second-order valence-electron chi connectivity index (χ2n) is 8.47. The van der Waals surface area contributed by atoms with Gasteiger partial charge in [0.1, 0.15) is 17.4 Å². The molecule has 4 rings (SSSR count). The molecule has 0 aliphatic rings. The molecule has 4 aromatic carbocycles. The first kappa shape index (κ1) is 26.0. The fraction of sp³-hybridized carbons (Fsp3) is 0.167. The number of ether oxygens (including phenoxy) is 1. The maximum atomic E-state index is 13.5. The zero-order chi connectivity index (χ0) is 25.5. The standard InChI is InChI=1S/C30H27F2NOS2/c1-20-5-4-6-26(17-20)34-29(33-25-12-7-21(2)22(3)18-25)19-30(35-27-13-8-23(31)9-14-27)36-28-15-10-24(32)11-16-28/h4-18,30H,19H2,1-3H3/b33-29-. The number of aliphatic imine (C=N–C) groups is 1. The van der Waals surface area contributed by atoms with Crippen molar-refractivity contribution in [1.29, 1.82) is 0 Å². The number of hydrogen-bond acceptors (Lipinski definition) is 4. The molecule has 0 amide bonds. The topological polar surface area (TPSA) is 21.6 Å². The molecule has 0 saturated carbocycles. The lowest BCUT2D eigenvalue weighted by atomic mass is 10.1. The third-order valence-corrected chi connectivity index (χ3v) is 8.00. The Morgan fingerprint density at radius 1 is 0.750 bits per heavy atom. The average molecular weight is 520 g/mol. The lowest BCUT2D eigenvalue weighted by molar-refractivity contribution is 0.535. The van der Waals surface area contributed by atoms with E-state index in [4.69, 9.17) is 9.73 Å². The third-order valence-electron chi connectivity index (χ3n) is 5.47. The van der Waals surface area contributed by atoms with Gasteiger partial charge in [0.05, 0.1) is 10.3 Å². The van der Waals surface area contributed by atoms with Gasteiger partial charge in [0, 0.05) is 16.2 Å². The van der Waals surface area contributed by atoms with E-state index in [9.17, 15) is 8.78 Å². The van der Waals surface area contributed by atoms with Crippen LogP contribution in [0.2, 0.25) is 0 Å². The van der Waals surface area contributed by atoms with Crippen molar-refractivity contribution in [3.05, 3.63) is 119 Å². The van der Waals surface area contributed by atoms with Crippen LogP contribution in [0.15, 0.2) is 106 Å². The maximum absolute atomic E-state index is 13.5. The van der Waals surface area contributed by atoms with Crippen LogP contribution in [-0.2, 0) is 0 Å². The van der Waals surface area contributed by atoms with Crippen LogP contribution in [0.5, 0.6) is 5.75 Å². The van der Waals surface area contributed by atoms with Crippen LogP contribution in [0.25, 0.3) is 0 Å². The van der Waals surface area contributed by atoms with Crippen molar-refractivity contribution in [2.75, 3.05) is 0 Å². The van der Waals surface area contributed by atoms with Gasteiger partial charge in [0.2, 0.25) is 0 Å². The Kier molecular flexibility index (Phi) is 8.83. The number of hydrogen-bond donors (Lipinski definition) is 0. The highest BCUT2D eigenvalue weighted by Gasteiger charge is 2.18. The lowest BCUT2D eigenvalue weighted by Crippen LogP contribution is -2.14. The smallest absolute Gasteiger partial charge is 0.197 e. The van der Waals surface area contributed by atoms with E-state index in [1.54, 1.807) is 47.8 Å². The molecule has 0 spiro atoms. The minimum absolute atomic E-state index is 0.0592. The van der Waals surface area contributed by atoms with Crippen molar-refractivity contribution in [2.45, 2.75) is 41.6 Å². The second kappa shape index (κ2) is 12.2. The maximum Gasteiger partial charge on any atom is 0.197 e. The molecule has 0 N–H and O–H groups in total. The van der Waals surface area contributed by atoms with Gasteiger partial charge >= 0.3 is 0 Å². The van der Waals surface area contributed by atoms with Gasteiger partial charge < -0.3 is 4.74 Å². The molecule has 0 heterocycles. The molecule has 0 aliphatic carbocycles. The van der Waals surface area contributed by atoms with E-state index in [-0.39, 0.29) is 16.2 Å². The molecule has 0 aromatic heterocycles. The summed E-state index contributed by atoms with van der Waals surface area (Å²) >= 11 is 3.19. The van der Waals surface area contributed by atoms with Crippen molar-refractivity contribution in [3.63, 3.8) is 0 Å². The highest BCUT2D eigenvalue weighted by Crippen LogP contribution is 2.38. The van der Waals surface area contributed by atoms with E-state index in [1.807, 2.05) is 43.3 Å². The number of nitrogens with zero attached hydrogens (tertiary/aromatic N) is 1. The van der Waals surface area contributed by atoms with Crippen molar-refractivity contribution in [2.24, 2.45) is 4.99 Å². The summed E-state index contributed by atoms with van der Waals surface area (Å²) < 4.78 is 33.3. The fourth-order valence-corrected chi connectivity index (χ4v) is 5.95. The normalized spacial score (nSPS) is 11.7. The molecule has 6 heteroatoms.